The summed E-state index contributed by atoms with van der Waals surface area (Å²) < 4.78 is 9.80. The number of nitrogens with two attached hydrogens (primary N) is 1. The van der Waals surface area contributed by atoms with Crippen LogP contribution in [0, 0.1) is 0 Å². The number of aliphatic hydroxyl groups is 1. The number of amides is 1. The minimum Gasteiger partial charge on any atom is -0.489 e. The molecule has 3 aromatic rings. The van der Waals surface area contributed by atoms with Crippen molar-refractivity contribution in [2.24, 2.45) is 5.73 Å². The van der Waals surface area contributed by atoms with Crippen molar-refractivity contribution in [3.63, 3.8) is 0 Å². The molecule has 3 rings (SSSR count). The van der Waals surface area contributed by atoms with Gasteiger partial charge in [0.05, 0.1) is 18.5 Å². The highest BCUT2D eigenvalue weighted by Crippen LogP contribution is 2.27. The molecule has 2 aromatic carbocycles. The highest BCUT2D eigenvalue weighted by Gasteiger charge is 2.19. The van der Waals surface area contributed by atoms with E-state index in [9.17, 15) is 9.90 Å². The molecule has 0 aliphatic rings. The van der Waals surface area contributed by atoms with Crippen molar-refractivity contribution in [2.45, 2.75) is 38.5 Å². The van der Waals surface area contributed by atoms with E-state index in [4.69, 9.17) is 10.5 Å². The SMILES string of the molecule is CC(O)C(CCc1ccccc1OCc1cc(Br)cc(Br)c1)n1cnc(C(N)=O)c1. The average molecular weight is 537 g/mol. The Labute approximate surface area is 192 Å². The number of aromatic nitrogens is 2. The summed E-state index contributed by atoms with van der Waals surface area (Å²) in [4.78, 5) is 15.3. The Hall–Kier alpha value is -2.16. The fourth-order valence-electron chi connectivity index (χ4n) is 3.29. The van der Waals surface area contributed by atoms with Crippen LogP contribution in [0.3, 0.4) is 0 Å². The van der Waals surface area contributed by atoms with E-state index in [2.05, 4.69) is 36.8 Å². The van der Waals surface area contributed by atoms with Gasteiger partial charge in [-0.25, -0.2) is 4.98 Å². The Morgan fingerprint density at radius 1 is 1.23 bits per heavy atom. The molecule has 1 heterocycles. The van der Waals surface area contributed by atoms with E-state index < -0.39 is 12.0 Å². The van der Waals surface area contributed by atoms with E-state index in [1.807, 2.05) is 42.5 Å². The number of nitrogens with zero attached hydrogens (tertiary/aromatic N) is 2. The number of rotatable bonds is 9. The number of halogens is 2. The second kappa shape index (κ2) is 10.2. The van der Waals surface area contributed by atoms with Crippen LogP contribution >= 0.6 is 31.9 Å². The number of aryl methyl sites for hydroxylation is 1. The van der Waals surface area contributed by atoms with Crippen molar-refractivity contribution in [2.75, 3.05) is 0 Å². The zero-order valence-electron chi connectivity index (χ0n) is 16.5. The Bertz CT molecular complexity index is 1000. The summed E-state index contributed by atoms with van der Waals surface area (Å²) in [6.45, 7) is 2.17. The third kappa shape index (κ3) is 5.93. The summed E-state index contributed by atoms with van der Waals surface area (Å²) in [7, 11) is 0. The number of hydrogen-bond acceptors (Lipinski definition) is 4. The zero-order valence-corrected chi connectivity index (χ0v) is 19.6. The van der Waals surface area contributed by atoms with Crippen molar-refractivity contribution in [1.29, 1.82) is 0 Å². The second-order valence-corrected chi connectivity index (χ2v) is 8.92. The smallest absolute Gasteiger partial charge is 0.268 e. The van der Waals surface area contributed by atoms with Crippen LogP contribution in [0.5, 0.6) is 5.75 Å². The molecule has 0 spiro atoms. The van der Waals surface area contributed by atoms with E-state index in [-0.39, 0.29) is 11.7 Å². The number of para-hydroxylation sites is 1. The van der Waals surface area contributed by atoms with Crippen molar-refractivity contribution in [1.82, 2.24) is 9.55 Å². The van der Waals surface area contributed by atoms with Crippen LogP contribution in [-0.2, 0) is 13.0 Å². The lowest BCUT2D eigenvalue weighted by atomic mass is 10.0. The van der Waals surface area contributed by atoms with Crippen LogP contribution in [0.4, 0.5) is 0 Å². The maximum Gasteiger partial charge on any atom is 0.268 e. The minimum atomic E-state index is -0.618. The molecule has 0 bridgehead atoms. The molecule has 0 fully saturated rings. The molecule has 2 atom stereocenters. The molecular weight excluding hydrogens is 514 g/mol. The highest BCUT2D eigenvalue weighted by molar-refractivity contribution is 9.11. The van der Waals surface area contributed by atoms with Crippen molar-refractivity contribution >= 4 is 37.8 Å². The van der Waals surface area contributed by atoms with Crippen LogP contribution in [0.1, 0.15) is 41.0 Å². The predicted octanol–water partition coefficient (Wildman–Crippen LogP) is 4.64. The molecule has 6 nitrogen and oxygen atoms in total. The lowest BCUT2D eigenvalue weighted by molar-refractivity contribution is 0.0994. The van der Waals surface area contributed by atoms with Crippen LogP contribution in [0.25, 0.3) is 0 Å². The van der Waals surface area contributed by atoms with Crippen LogP contribution in [0.15, 0.2) is 63.9 Å². The first-order chi connectivity index (χ1) is 14.3. The number of primary amides is 1. The van der Waals surface area contributed by atoms with Gasteiger partial charge in [-0.2, -0.15) is 0 Å². The van der Waals surface area contributed by atoms with Crippen molar-refractivity contribution in [3.8, 4) is 5.75 Å². The fourth-order valence-corrected chi connectivity index (χ4v) is 4.68. The molecular formula is C22H23Br2N3O3. The molecule has 0 saturated heterocycles. The summed E-state index contributed by atoms with van der Waals surface area (Å²) in [5.41, 5.74) is 7.57. The molecule has 0 radical (unpaired) electrons. The Kier molecular flexibility index (Phi) is 7.69. The summed E-state index contributed by atoms with van der Waals surface area (Å²) in [5.74, 6) is 0.220. The van der Waals surface area contributed by atoms with Gasteiger partial charge in [0.25, 0.3) is 5.91 Å². The summed E-state index contributed by atoms with van der Waals surface area (Å²) in [6, 6.07) is 13.7. The van der Waals surface area contributed by atoms with Gasteiger partial charge in [-0.3, -0.25) is 4.79 Å². The highest BCUT2D eigenvalue weighted by atomic mass is 79.9. The molecule has 0 aliphatic heterocycles. The Balaban J connectivity index is 1.70. The first-order valence-electron chi connectivity index (χ1n) is 9.50. The average Bonchev–Trinajstić information content (AvgIpc) is 3.16. The number of carbonyl (C=O) groups excluding carboxylic acids is 1. The van der Waals surface area contributed by atoms with Gasteiger partial charge in [0.1, 0.15) is 18.1 Å². The van der Waals surface area contributed by atoms with Gasteiger partial charge in [-0.05, 0) is 55.2 Å². The van der Waals surface area contributed by atoms with Crippen LogP contribution in [-0.4, -0.2) is 26.7 Å². The molecule has 0 aliphatic carbocycles. The van der Waals surface area contributed by atoms with Gasteiger partial charge in [0, 0.05) is 15.1 Å². The number of aliphatic hydroxyl groups excluding tert-OH is 1. The third-order valence-electron chi connectivity index (χ3n) is 4.79. The molecule has 1 amide bonds. The maximum absolute atomic E-state index is 11.3. The fraction of sp³-hybridized carbons (Fsp3) is 0.273. The minimum absolute atomic E-state index is 0.185. The quantitative estimate of drug-likeness (QED) is 0.417. The molecule has 8 heteroatoms. The number of hydrogen-bond donors (Lipinski definition) is 2. The van der Waals surface area contributed by atoms with Gasteiger partial charge >= 0.3 is 0 Å². The normalized spacial score (nSPS) is 13.1. The molecule has 30 heavy (non-hydrogen) atoms. The number of imidazole rings is 1. The lowest BCUT2D eigenvalue weighted by Gasteiger charge is -2.22. The van der Waals surface area contributed by atoms with E-state index >= 15 is 0 Å². The number of ether oxygens (including phenoxy) is 1. The zero-order chi connectivity index (χ0) is 21.7. The summed E-state index contributed by atoms with van der Waals surface area (Å²) in [6.07, 6.45) is 3.83. The van der Waals surface area contributed by atoms with Crippen LogP contribution < -0.4 is 10.5 Å². The van der Waals surface area contributed by atoms with E-state index in [1.165, 1.54) is 6.33 Å². The van der Waals surface area contributed by atoms with Crippen molar-refractivity contribution in [3.05, 3.63) is 80.8 Å². The predicted molar refractivity (Wildman–Crippen MR) is 122 cm³/mol. The topological polar surface area (TPSA) is 90.4 Å². The van der Waals surface area contributed by atoms with Gasteiger partial charge in [0.2, 0.25) is 0 Å². The Morgan fingerprint density at radius 3 is 2.57 bits per heavy atom. The first kappa shape index (κ1) is 22.5. The summed E-state index contributed by atoms with van der Waals surface area (Å²) in [5, 5.41) is 10.3. The number of benzene rings is 2. The van der Waals surface area contributed by atoms with Gasteiger partial charge in [-0.15, -0.1) is 0 Å². The molecule has 2 unspecified atom stereocenters. The monoisotopic (exact) mass is 535 g/mol. The largest absolute Gasteiger partial charge is 0.489 e. The van der Waals surface area contributed by atoms with Crippen LogP contribution in [0.2, 0.25) is 0 Å². The first-order valence-corrected chi connectivity index (χ1v) is 11.1. The van der Waals surface area contributed by atoms with E-state index in [1.54, 1.807) is 17.7 Å². The second-order valence-electron chi connectivity index (χ2n) is 7.09. The standard InChI is InChI=1S/C22H23Br2N3O3/c1-14(28)20(27-11-19(22(25)29)26-13-27)7-6-16-4-2-3-5-21(16)30-12-15-8-17(23)10-18(24)9-15/h2-5,8-11,13-14,20,28H,6-7,12H2,1H3,(H2,25,29). The van der Waals surface area contributed by atoms with E-state index in [0.717, 1.165) is 25.8 Å². The Morgan fingerprint density at radius 2 is 1.93 bits per heavy atom. The van der Waals surface area contributed by atoms with Gasteiger partial charge in [-0.1, -0.05) is 50.1 Å². The molecule has 158 valence electrons. The summed E-state index contributed by atoms with van der Waals surface area (Å²) >= 11 is 6.99. The van der Waals surface area contributed by atoms with Gasteiger partial charge in [0.15, 0.2) is 0 Å². The molecule has 1 aromatic heterocycles. The van der Waals surface area contributed by atoms with E-state index in [0.29, 0.717) is 19.4 Å². The third-order valence-corrected chi connectivity index (χ3v) is 5.71. The lowest BCUT2D eigenvalue weighted by Crippen LogP contribution is -2.21. The number of carbonyl (C=O) groups is 1. The molecule has 3 N–H and O–H groups in total. The van der Waals surface area contributed by atoms with Gasteiger partial charge < -0.3 is 20.1 Å². The molecule has 0 saturated carbocycles. The van der Waals surface area contributed by atoms with Crippen molar-refractivity contribution < 1.29 is 14.6 Å². The maximum atomic E-state index is 11.3.